The van der Waals surface area contributed by atoms with Gasteiger partial charge in [-0.2, -0.15) is 0 Å². The first kappa shape index (κ1) is 11.9. The standard InChI is InChI=1S/C13H16O4/c1-9-8-17-11-5-3-2-4-10(11)13(9,16)7-6-12(14)15/h2-5,9,16H,6-8H2,1H3,(H,14,15). The zero-order valence-corrected chi connectivity index (χ0v) is 9.72. The van der Waals surface area contributed by atoms with E-state index in [1.54, 1.807) is 12.1 Å². The van der Waals surface area contributed by atoms with Crippen LogP contribution in [0.1, 0.15) is 25.3 Å². The van der Waals surface area contributed by atoms with E-state index in [9.17, 15) is 9.90 Å². The molecule has 0 aliphatic carbocycles. The summed E-state index contributed by atoms with van der Waals surface area (Å²) in [6.45, 7) is 2.28. The number of fused-ring (bicyclic) bond motifs is 1. The highest BCUT2D eigenvalue weighted by molar-refractivity contribution is 5.66. The van der Waals surface area contributed by atoms with E-state index in [2.05, 4.69) is 0 Å². The third-order valence-electron chi connectivity index (χ3n) is 3.38. The predicted octanol–water partition coefficient (Wildman–Crippen LogP) is 1.77. The molecule has 1 aliphatic rings. The van der Waals surface area contributed by atoms with Gasteiger partial charge in [0, 0.05) is 17.9 Å². The van der Waals surface area contributed by atoms with Crippen molar-refractivity contribution in [2.45, 2.75) is 25.4 Å². The first-order chi connectivity index (χ1) is 8.04. The Morgan fingerprint density at radius 3 is 2.94 bits per heavy atom. The molecule has 17 heavy (non-hydrogen) atoms. The smallest absolute Gasteiger partial charge is 0.303 e. The van der Waals surface area contributed by atoms with Gasteiger partial charge in [0.05, 0.1) is 12.2 Å². The van der Waals surface area contributed by atoms with E-state index in [0.717, 1.165) is 0 Å². The fourth-order valence-corrected chi connectivity index (χ4v) is 2.25. The monoisotopic (exact) mass is 236 g/mol. The molecule has 0 amide bonds. The molecule has 1 aromatic carbocycles. The van der Waals surface area contributed by atoms with E-state index in [0.29, 0.717) is 17.9 Å². The summed E-state index contributed by atoms with van der Waals surface area (Å²) in [5.41, 5.74) is -0.409. The van der Waals surface area contributed by atoms with Gasteiger partial charge in [0.25, 0.3) is 0 Å². The van der Waals surface area contributed by atoms with Gasteiger partial charge in [-0.25, -0.2) is 0 Å². The summed E-state index contributed by atoms with van der Waals surface area (Å²) in [5.74, 6) is -0.357. The number of carboxylic acid groups (broad SMARTS) is 1. The SMILES string of the molecule is CC1COc2ccccc2C1(O)CCC(=O)O. The van der Waals surface area contributed by atoms with Gasteiger partial charge in [0.15, 0.2) is 0 Å². The van der Waals surface area contributed by atoms with Crippen LogP contribution in [0.25, 0.3) is 0 Å². The number of hydrogen-bond acceptors (Lipinski definition) is 3. The lowest BCUT2D eigenvalue weighted by Gasteiger charge is -2.39. The summed E-state index contributed by atoms with van der Waals surface area (Å²) in [7, 11) is 0. The third kappa shape index (κ3) is 2.13. The maximum atomic E-state index is 10.7. The van der Waals surface area contributed by atoms with Crippen LogP contribution >= 0.6 is 0 Å². The molecular formula is C13H16O4. The van der Waals surface area contributed by atoms with Crippen molar-refractivity contribution in [3.63, 3.8) is 0 Å². The molecule has 2 N–H and O–H groups in total. The average Bonchev–Trinajstić information content (AvgIpc) is 2.32. The zero-order valence-electron chi connectivity index (χ0n) is 9.72. The number of para-hydroxylation sites is 1. The molecule has 4 heteroatoms. The zero-order chi connectivity index (χ0) is 12.5. The van der Waals surface area contributed by atoms with Crippen LogP contribution in [0.4, 0.5) is 0 Å². The van der Waals surface area contributed by atoms with Crippen LogP contribution in [0, 0.1) is 5.92 Å². The van der Waals surface area contributed by atoms with Crippen molar-refractivity contribution < 1.29 is 19.7 Å². The van der Waals surface area contributed by atoms with Crippen molar-refractivity contribution in [2.75, 3.05) is 6.61 Å². The quantitative estimate of drug-likeness (QED) is 0.839. The molecule has 4 nitrogen and oxygen atoms in total. The minimum absolute atomic E-state index is 0.0465. The molecule has 1 heterocycles. The van der Waals surface area contributed by atoms with Crippen molar-refractivity contribution in [1.29, 1.82) is 0 Å². The summed E-state index contributed by atoms with van der Waals surface area (Å²) in [4.78, 5) is 10.7. The van der Waals surface area contributed by atoms with Gasteiger partial charge < -0.3 is 14.9 Å². The molecule has 0 saturated heterocycles. The Morgan fingerprint density at radius 2 is 2.24 bits per heavy atom. The van der Waals surface area contributed by atoms with E-state index >= 15 is 0 Å². The van der Waals surface area contributed by atoms with Crippen LogP contribution in [-0.2, 0) is 10.4 Å². The molecular weight excluding hydrogens is 220 g/mol. The highest BCUT2D eigenvalue weighted by Crippen LogP contribution is 2.42. The summed E-state index contributed by atoms with van der Waals surface area (Å²) in [6, 6.07) is 7.26. The van der Waals surface area contributed by atoms with Crippen LogP contribution in [0.3, 0.4) is 0 Å². The van der Waals surface area contributed by atoms with Crippen molar-refractivity contribution in [1.82, 2.24) is 0 Å². The summed E-state index contributed by atoms with van der Waals surface area (Å²) < 4.78 is 5.53. The van der Waals surface area contributed by atoms with Crippen LogP contribution < -0.4 is 4.74 Å². The maximum Gasteiger partial charge on any atom is 0.303 e. The van der Waals surface area contributed by atoms with Crippen molar-refractivity contribution in [2.24, 2.45) is 5.92 Å². The first-order valence-electron chi connectivity index (χ1n) is 5.70. The highest BCUT2D eigenvalue weighted by Gasteiger charge is 2.41. The largest absolute Gasteiger partial charge is 0.493 e. The van der Waals surface area contributed by atoms with E-state index in [-0.39, 0.29) is 18.8 Å². The number of ether oxygens (including phenoxy) is 1. The molecule has 0 saturated carbocycles. The second-order valence-corrected chi connectivity index (χ2v) is 4.53. The van der Waals surface area contributed by atoms with E-state index in [1.165, 1.54) is 0 Å². The van der Waals surface area contributed by atoms with E-state index in [4.69, 9.17) is 9.84 Å². The molecule has 0 fully saturated rings. The minimum Gasteiger partial charge on any atom is -0.493 e. The molecule has 0 spiro atoms. The van der Waals surface area contributed by atoms with Crippen molar-refractivity contribution in [3.05, 3.63) is 29.8 Å². The number of benzene rings is 1. The minimum atomic E-state index is -1.10. The fraction of sp³-hybridized carbons (Fsp3) is 0.462. The second kappa shape index (κ2) is 4.37. The van der Waals surface area contributed by atoms with Gasteiger partial charge in [-0.1, -0.05) is 25.1 Å². The van der Waals surface area contributed by atoms with Gasteiger partial charge in [0.2, 0.25) is 0 Å². The molecule has 2 unspecified atom stereocenters. The fourth-order valence-electron chi connectivity index (χ4n) is 2.25. The molecule has 0 radical (unpaired) electrons. The second-order valence-electron chi connectivity index (χ2n) is 4.53. The lowest BCUT2D eigenvalue weighted by Crippen LogP contribution is -2.41. The van der Waals surface area contributed by atoms with Crippen molar-refractivity contribution >= 4 is 5.97 Å². The molecule has 1 aliphatic heterocycles. The Morgan fingerprint density at radius 1 is 1.53 bits per heavy atom. The van der Waals surface area contributed by atoms with Gasteiger partial charge in [-0.15, -0.1) is 0 Å². The summed E-state index contributed by atoms with van der Waals surface area (Å²) >= 11 is 0. The van der Waals surface area contributed by atoms with Crippen LogP contribution in [0.2, 0.25) is 0 Å². The van der Waals surface area contributed by atoms with Gasteiger partial charge in [-0.05, 0) is 12.5 Å². The molecule has 1 aromatic rings. The van der Waals surface area contributed by atoms with Gasteiger partial charge >= 0.3 is 5.97 Å². The molecule has 2 atom stereocenters. The van der Waals surface area contributed by atoms with E-state index in [1.807, 2.05) is 19.1 Å². The number of carboxylic acids is 1. The maximum absolute atomic E-state index is 10.7. The Bertz CT molecular complexity index is 429. The number of rotatable bonds is 3. The average molecular weight is 236 g/mol. The number of carbonyl (C=O) groups is 1. The summed E-state index contributed by atoms with van der Waals surface area (Å²) in [6.07, 6.45) is 0.166. The summed E-state index contributed by atoms with van der Waals surface area (Å²) in [5, 5.41) is 19.4. The number of aliphatic carboxylic acids is 1. The van der Waals surface area contributed by atoms with Crippen molar-refractivity contribution in [3.8, 4) is 5.75 Å². The molecule has 2 rings (SSSR count). The Labute approximate surface area is 99.8 Å². The molecule has 92 valence electrons. The lowest BCUT2D eigenvalue weighted by molar-refractivity contribution is -0.140. The van der Waals surface area contributed by atoms with Crippen LogP contribution in [-0.4, -0.2) is 22.8 Å². The molecule has 0 bridgehead atoms. The first-order valence-corrected chi connectivity index (χ1v) is 5.70. The van der Waals surface area contributed by atoms with Crippen LogP contribution in [0.15, 0.2) is 24.3 Å². The van der Waals surface area contributed by atoms with E-state index < -0.39 is 11.6 Å². The number of hydrogen-bond donors (Lipinski definition) is 2. The highest BCUT2D eigenvalue weighted by atomic mass is 16.5. The Balaban J connectivity index is 2.33. The van der Waals surface area contributed by atoms with Gasteiger partial charge in [-0.3, -0.25) is 4.79 Å². The predicted molar refractivity (Wildman–Crippen MR) is 61.9 cm³/mol. The molecule has 0 aromatic heterocycles. The topological polar surface area (TPSA) is 66.8 Å². The third-order valence-corrected chi connectivity index (χ3v) is 3.38. The Hall–Kier alpha value is -1.55. The normalized spacial score (nSPS) is 27.1. The lowest BCUT2D eigenvalue weighted by atomic mass is 9.77. The van der Waals surface area contributed by atoms with Gasteiger partial charge in [0.1, 0.15) is 5.75 Å². The van der Waals surface area contributed by atoms with Crippen LogP contribution in [0.5, 0.6) is 5.75 Å². The Kier molecular flexibility index (Phi) is 3.07. The number of aliphatic hydroxyl groups is 1.